The molecule has 2 aliphatic rings. The molecule has 0 spiro atoms. The lowest BCUT2D eigenvalue weighted by Crippen LogP contribution is -2.44. The molecule has 3 aromatic carbocycles. The normalized spacial score (nSPS) is 18.0. The topological polar surface area (TPSA) is 189 Å². The van der Waals surface area contributed by atoms with E-state index in [0.717, 1.165) is 11.8 Å². The number of hydrogen-bond donors (Lipinski definition) is 5. The van der Waals surface area contributed by atoms with Gasteiger partial charge in [-0.25, -0.2) is 0 Å². The molecule has 0 bridgehead atoms. The number of fused-ring (bicyclic) bond motifs is 2. The van der Waals surface area contributed by atoms with E-state index in [0.29, 0.717) is 11.4 Å². The molecule has 0 radical (unpaired) electrons. The Bertz CT molecular complexity index is 1950. The van der Waals surface area contributed by atoms with Crippen molar-refractivity contribution in [3.63, 3.8) is 0 Å². The lowest BCUT2D eigenvalue weighted by molar-refractivity contribution is 0.0785. The van der Waals surface area contributed by atoms with Gasteiger partial charge in [0.1, 0.15) is 4.91 Å². The highest BCUT2D eigenvalue weighted by atomic mass is 35.5. The van der Waals surface area contributed by atoms with Crippen molar-refractivity contribution in [1.82, 2.24) is 15.0 Å². The maximum Gasteiger partial charge on any atom is 0.296 e. The number of ketones is 2. The second-order valence-electron chi connectivity index (χ2n) is 9.69. The summed E-state index contributed by atoms with van der Waals surface area (Å²) < 4.78 is 34.2. The van der Waals surface area contributed by atoms with Crippen LogP contribution in [0.15, 0.2) is 101 Å². The average Bonchev–Trinajstić information content (AvgIpc) is 2.97. The first kappa shape index (κ1) is 28.0. The number of nitrogens with two attached hydrogens (primary N) is 1. The molecule has 2 atom stereocenters. The van der Waals surface area contributed by atoms with Crippen molar-refractivity contribution in [3.8, 4) is 0 Å². The fourth-order valence-corrected chi connectivity index (χ4v) is 5.90. The van der Waals surface area contributed by atoms with E-state index in [4.69, 9.17) is 17.3 Å². The number of aromatic nitrogens is 3. The van der Waals surface area contributed by atoms with Crippen molar-refractivity contribution >= 4 is 62.2 Å². The van der Waals surface area contributed by atoms with Crippen molar-refractivity contribution < 1.29 is 22.6 Å². The highest BCUT2D eigenvalue weighted by Crippen LogP contribution is 2.42. The lowest BCUT2D eigenvalue weighted by Gasteiger charge is -2.36. The molecular formula is C29H22ClN7O5S. The lowest BCUT2D eigenvalue weighted by atomic mass is 9.69. The number of nitrogens with zero attached hydrogens (tertiary/aromatic N) is 3. The minimum absolute atomic E-state index is 0.0248. The number of carbonyl (C=O) groups is 2. The van der Waals surface area contributed by atoms with Gasteiger partial charge in [-0.3, -0.25) is 14.1 Å². The van der Waals surface area contributed by atoms with Gasteiger partial charge in [0, 0.05) is 39.6 Å². The Morgan fingerprint density at radius 2 is 1.19 bits per heavy atom. The molecule has 2 unspecified atom stereocenters. The van der Waals surface area contributed by atoms with Crippen LogP contribution in [0.3, 0.4) is 0 Å². The van der Waals surface area contributed by atoms with Crippen molar-refractivity contribution in [2.75, 3.05) is 16.0 Å². The van der Waals surface area contributed by atoms with E-state index < -0.39 is 38.4 Å². The second-order valence-corrected chi connectivity index (χ2v) is 11.4. The van der Waals surface area contributed by atoms with Crippen LogP contribution in [0.2, 0.25) is 5.28 Å². The Hall–Kier alpha value is -5.11. The Kier molecular flexibility index (Phi) is 7.13. The largest absolute Gasteiger partial charge is 0.400 e. The standard InChI is InChI=1S/C29H22ClN7O5S/c30-27-35-28(33-15-6-2-1-3-7-15)37-29(36-27)34-17-12-10-16(11-13-17)32-20-14-21(43(40,41)42)24(31)23-22(20)25(38)18-8-4-5-9-19(18)26(23)39/h1-14,22-23,32H,31H2,(H,40,41,42)(H2,33,34,35,36,37). The average molecular weight is 616 g/mol. The predicted octanol–water partition coefficient (Wildman–Crippen LogP) is 4.69. The molecule has 216 valence electrons. The van der Waals surface area contributed by atoms with Gasteiger partial charge in [0.2, 0.25) is 17.2 Å². The molecule has 6 rings (SSSR count). The highest BCUT2D eigenvalue weighted by Gasteiger charge is 2.48. The number of benzene rings is 3. The van der Waals surface area contributed by atoms with Gasteiger partial charge in [0.05, 0.1) is 11.8 Å². The summed E-state index contributed by atoms with van der Waals surface area (Å²) in [6, 6.07) is 22.2. The minimum Gasteiger partial charge on any atom is -0.400 e. The van der Waals surface area contributed by atoms with Crippen molar-refractivity contribution in [2.45, 2.75) is 0 Å². The molecule has 12 nitrogen and oxygen atoms in total. The third kappa shape index (κ3) is 5.56. The van der Waals surface area contributed by atoms with Crippen LogP contribution in [-0.2, 0) is 10.1 Å². The summed E-state index contributed by atoms with van der Waals surface area (Å²) in [4.78, 5) is 38.9. The van der Waals surface area contributed by atoms with Crippen molar-refractivity contribution in [1.29, 1.82) is 0 Å². The van der Waals surface area contributed by atoms with E-state index >= 15 is 0 Å². The summed E-state index contributed by atoms with van der Waals surface area (Å²) in [5.74, 6) is -2.92. The Balaban J connectivity index is 1.27. The van der Waals surface area contributed by atoms with Crippen LogP contribution in [0.25, 0.3) is 0 Å². The third-order valence-corrected chi connectivity index (χ3v) is 8.02. The minimum atomic E-state index is -4.81. The summed E-state index contributed by atoms with van der Waals surface area (Å²) in [5, 5.41) is 9.11. The molecule has 43 heavy (non-hydrogen) atoms. The summed E-state index contributed by atoms with van der Waals surface area (Å²) in [7, 11) is -4.81. The van der Waals surface area contributed by atoms with Crippen LogP contribution in [0, 0.1) is 11.8 Å². The molecule has 1 heterocycles. The Morgan fingerprint density at radius 3 is 1.74 bits per heavy atom. The number of nitrogens with one attached hydrogen (secondary N) is 3. The van der Waals surface area contributed by atoms with E-state index in [1.54, 1.807) is 36.4 Å². The molecule has 0 amide bonds. The van der Waals surface area contributed by atoms with Gasteiger partial charge < -0.3 is 21.7 Å². The van der Waals surface area contributed by atoms with E-state index in [1.807, 2.05) is 30.3 Å². The number of para-hydroxylation sites is 1. The summed E-state index contributed by atoms with van der Waals surface area (Å²) >= 11 is 6.10. The Labute approximate surface area is 250 Å². The van der Waals surface area contributed by atoms with Crippen LogP contribution >= 0.6 is 11.6 Å². The summed E-state index contributed by atoms with van der Waals surface area (Å²) in [6.45, 7) is 0. The zero-order chi connectivity index (χ0) is 30.3. The number of allylic oxidation sites excluding steroid dienone is 3. The van der Waals surface area contributed by atoms with Gasteiger partial charge in [-0.1, -0.05) is 42.5 Å². The fraction of sp³-hybridized carbons (Fsp3) is 0.0690. The van der Waals surface area contributed by atoms with Crippen molar-refractivity contribution in [2.24, 2.45) is 17.6 Å². The van der Waals surface area contributed by atoms with Gasteiger partial charge in [0.25, 0.3) is 10.1 Å². The van der Waals surface area contributed by atoms with Gasteiger partial charge in [-0.15, -0.1) is 0 Å². The van der Waals surface area contributed by atoms with Gasteiger partial charge in [-0.05, 0) is 54.1 Å². The first-order valence-electron chi connectivity index (χ1n) is 12.8. The summed E-state index contributed by atoms with van der Waals surface area (Å²) in [5.41, 5.74) is 7.97. The summed E-state index contributed by atoms with van der Waals surface area (Å²) in [6.07, 6.45) is 1.09. The Morgan fingerprint density at radius 1 is 0.698 bits per heavy atom. The predicted molar refractivity (Wildman–Crippen MR) is 161 cm³/mol. The maximum atomic E-state index is 13.6. The molecule has 0 fully saturated rings. The van der Waals surface area contributed by atoms with E-state index in [2.05, 4.69) is 30.9 Å². The number of Topliss-reactive ketones (excluding diaryl/α,β-unsaturated/α-hetero) is 2. The molecule has 14 heteroatoms. The van der Waals surface area contributed by atoms with Gasteiger partial charge in [0.15, 0.2) is 11.6 Å². The second kappa shape index (κ2) is 10.9. The number of rotatable bonds is 7. The molecular weight excluding hydrogens is 594 g/mol. The van der Waals surface area contributed by atoms with E-state index in [-0.39, 0.29) is 39.7 Å². The van der Waals surface area contributed by atoms with Gasteiger partial charge in [-0.2, -0.15) is 23.4 Å². The number of carbonyl (C=O) groups excluding carboxylic acids is 2. The molecule has 0 saturated carbocycles. The zero-order valence-electron chi connectivity index (χ0n) is 22.0. The SMILES string of the molecule is NC1=C(S(=O)(=O)O)C=C(Nc2ccc(Nc3nc(Cl)nc(Nc4ccccc4)n3)cc2)C2C(=O)c3ccccc3C(=O)C12. The highest BCUT2D eigenvalue weighted by molar-refractivity contribution is 7.90. The third-order valence-electron chi connectivity index (χ3n) is 6.94. The monoisotopic (exact) mass is 615 g/mol. The van der Waals surface area contributed by atoms with E-state index in [1.165, 1.54) is 12.1 Å². The smallest absolute Gasteiger partial charge is 0.296 e. The maximum absolute atomic E-state index is 13.6. The number of anilines is 5. The van der Waals surface area contributed by atoms with Crippen molar-refractivity contribution in [3.05, 3.63) is 118 Å². The molecule has 0 saturated heterocycles. The fourth-order valence-electron chi connectivity index (χ4n) is 5.04. The molecule has 6 N–H and O–H groups in total. The quantitative estimate of drug-likeness (QED) is 0.181. The number of halogens is 1. The first-order chi connectivity index (χ1) is 20.6. The van der Waals surface area contributed by atoms with Crippen LogP contribution in [0.4, 0.5) is 29.0 Å². The van der Waals surface area contributed by atoms with Crippen LogP contribution in [0.5, 0.6) is 0 Å². The first-order valence-corrected chi connectivity index (χ1v) is 14.6. The molecule has 2 aliphatic carbocycles. The van der Waals surface area contributed by atoms with Crippen LogP contribution in [-0.4, -0.2) is 39.5 Å². The molecule has 1 aromatic heterocycles. The molecule has 4 aromatic rings. The van der Waals surface area contributed by atoms with Crippen LogP contribution in [0.1, 0.15) is 20.7 Å². The van der Waals surface area contributed by atoms with Crippen LogP contribution < -0.4 is 21.7 Å². The number of hydrogen-bond acceptors (Lipinski definition) is 11. The zero-order valence-corrected chi connectivity index (χ0v) is 23.6. The van der Waals surface area contributed by atoms with Gasteiger partial charge >= 0.3 is 0 Å². The van der Waals surface area contributed by atoms with E-state index in [9.17, 15) is 22.6 Å². The molecule has 0 aliphatic heterocycles.